The second kappa shape index (κ2) is 8.50. The van der Waals surface area contributed by atoms with Crippen molar-refractivity contribution in [2.75, 3.05) is 38.2 Å². The summed E-state index contributed by atoms with van der Waals surface area (Å²) in [6.07, 6.45) is 8.27. The van der Waals surface area contributed by atoms with E-state index in [-0.39, 0.29) is 18.6 Å². The van der Waals surface area contributed by atoms with E-state index in [1.54, 1.807) is 24.2 Å². The molecule has 0 spiro atoms. The Labute approximate surface area is 165 Å². The summed E-state index contributed by atoms with van der Waals surface area (Å²) in [4.78, 5) is 16.6. The van der Waals surface area contributed by atoms with Crippen LogP contribution in [0.3, 0.4) is 0 Å². The molecule has 2 heterocycles. The van der Waals surface area contributed by atoms with Crippen molar-refractivity contribution < 1.29 is 14.3 Å². The van der Waals surface area contributed by atoms with Gasteiger partial charge in [0.05, 0.1) is 19.4 Å². The minimum Gasteiger partial charge on any atom is -0.493 e. The quantitative estimate of drug-likeness (QED) is 0.757. The molecule has 2 fully saturated rings. The molecule has 28 heavy (non-hydrogen) atoms. The number of hydrogen-bond acceptors (Lipinski definition) is 6. The zero-order valence-corrected chi connectivity index (χ0v) is 16.3. The Morgan fingerprint density at radius 2 is 1.93 bits per heavy atom. The molecule has 8 nitrogen and oxygen atoms in total. The fourth-order valence-corrected chi connectivity index (χ4v) is 3.91. The number of amides is 1. The van der Waals surface area contributed by atoms with Crippen LogP contribution in [0, 0.1) is 0 Å². The highest BCUT2D eigenvalue weighted by Crippen LogP contribution is 2.35. The van der Waals surface area contributed by atoms with E-state index in [1.807, 2.05) is 11.0 Å². The molecule has 1 aromatic heterocycles. The average molecular weight is 385 g/mol. The molecule has 2 aliphatic rings. The van der Waals surface area contributed by atoms with Crippen molar-refractivity contribution in [2.24, 2.45) is 0 Å². The van der Waals surface area contributed by atoms with E-state index in [0.717, 1.165) is 43.1 Å². The second-order valence-electron chi connectivity index (χ2n) is 7.33. The number of carbonyl (C=O) groups is 1. The lowest BCUT2D eigenvalue weighted by atomic mass is 10.2. The number of hydrogen-bond donors (Lipinski definition) is 0. The first kappa shape index (κ1) is 18.6. The van der Waals surface area contributed by atoms with Gasteiger partial charge in [0.1, 0.15) is 6.54 Å². The van der Waals surface area contributed by atoms with Gasteiger partial charge in [-0.05, 0) is 37.8 Å². The SMILES string of the molecule is COc1ccc(N2CCN(C(=O)Cn3ccnn3)CC2)cc1OC1CCCC1. The van der Waals surface area contributed by atoms with Crippen molar-refractivity contribution in [1.82, 2.24) is 19.9 Å². The molecular formula is C20H27N5O3. The monoisotopic (exact) mass is 385 g/mol. The van der Waals surface area contributed by atoms with Gasteiger partial charge in [-0.15, -0.1) is 5.10 Å². The summed E-state index contributed by atoms with van der Waals surface area (Å²) >= 11 is 0. The molecule has 1 aliphatic heterocycles. The molecule has 0 atom stereocenters. The topological polar surface area (TPSA) is 72.7 Å². The molecule has 1 aromatic carbocycles. The number of methoxy groups -OCH3 is 1. The highest BCUT2D eigenvalue weighted by molar-refractivity contribution is 5.76. The Morgan fingerprint density at radius 3 is 2.61 bits per heavy atom. The fraction of sp³-hybridized carbons (Fsp3) is 0.550. The van der Waals surface area contributed by atoms with Crippen LogP contribution < -0.4 is 14.4 Å². The van der Waals surface area contributed by atoms with Gasteiger partial charge in [-0.25, -0.2) is 4.68 Å². The van der Waals surface area contributed by atoms with E-state index in [0.29, 0.717) is 13.1 Å². The van der Waals surface area contributed by atoms with E-state index in [9.17, 15) is 4.79 Å². The summed E-state index contributed by atoms with van der Waals surface area (Å²) in [5.41, 5.74) is 1.11. The van der Waals surface area contributed by atoms with Gasteiger partial charge in [-0.2, -0.15) is 0 Å². The first-order chi connectivity index (χ1) is 13.7. The van der Waals surface area contributed by atoms with E-state index in [4.69, 9.17) is 9.47 Å². The lowest BCUT2D eigenvalue weighted by Gasteiger charge is -2.36. The maximum absolute atomic E-state index is 12.4. The average Bonchev–Trinajstić information content (AvgIpc) is 3.42. The molecule has 8 heteroatoms. The zero-order valence-electron chi connectivity index (χ0n) is 16.3. The number of rotatable bonds is 6. The molecule has 1 aliphatic carbocycles. The molecule has 0 radical (unpaired) electrons. The first-order valence-electron chi connectivity index (χ1n) is 9.94. The van der Waals surface area contributed by atoms with Gasteiger partial charge in [-0.3, -0.25) is 4.79 Å². The summed E-state index contributed by atoms with van der Waals surface area (Å²) in [5, 5.41) is 7.61. The normalized spacial score (nSPS) is 17.8. The number of nitrogens with zero attached hydrogens (tertiary/aromatic N) is 5. The van der Waals surface area contributed by atoms with Gasteiger partial charge in [-0.1, -0.05) is 5.21 Å². The van der Waals surface area contributed by atoms with Crippen molar-refractivity contribution in [2.45, 2.75) is 38.3 Å². The van der Waals surface area contributed by atoms with Gasteiger partial charge in [0.15, 0.2) is 11.5 Å². The predicted molar refractivity (Wildman–Crippen MR) is 105 cm³/mol. The molecule has 1 saturated heterocycles. The van der Waals surface area contributed by atoms with Gasteiger partial charge in [0, 0.05) is 44.1 Å². The third kappa shape index (κ3) is 4.21. The number of piperazine rings is 1. The van der Waals surface area contributed by atoms with Crippen LogP contribution in [-0.2, 0) is 11.3 Å². The third-order valence-corrected chi connectivity index (χ3v) is 5.51. The lowest BCUT2D eigenvalue weighted by molar-refractivity contribution is -0.132. The summed E-state index contributed by atoms with van der Waals surface area (Å²) in [6, 6.07) is 6.11. The summed E-state index contributed by atoms with van der Waals surface area (Å²) < 4.78 is 13.3. The number of aromatic nitrogens is 3. The Morgan fingerprint density at radius 1 is 1.14 bits per heavy atom. The smallest absolute Gasteiger partial charge is 0.244 e. The maximum atomic E-state index is 12.4. The number of ether oxygens (including phenoxy) is 2. The van der Waals surface area contributed by atoms with E-state index >= 15 is 0 Å². The molecular weight excluding hydrogens is 358 g/mol. The van der Waals surface area contributed by atoms with Crippen LogP contribution in [0.1, 0.15) is 25.7 Å². The number of anilines is 1. The number of carbonyl (C=O) groups excluding carboxylic acids is 1. The Balaban J connectivity index is 1.37. The highest BCUT2D eigenvalue weighted by atomic mass is 16.5. The van der Waals surface area contributed by atoms with Gasteiger partial charge >= 0.3 is 0 Å². The first-order valence-corrected chi connectivity index (χ1v) is 9.94. The predicted octanol–water partition coefficient (Wildman–Crippen LogP) is 1.96. The van der Waals surface area contributed by atoms with Crippen LogP contribution in [0.2, 0.25) is 0 Å². The van der Waals surface area contributed by atoms with E-state index in [1.165, 1.54) is 12.8 Å². The lowest BCUT2D eigenvalue weighted by Crippen LogP contribution is -2.49. The molecule has 4 rings (SSSR count). The summed E-state index contributed by atoms with van der Waals surface area (Å²) in [6.45, 7) is 3.20. The molecule has 0 unspecified atom stereocenters. The summed E-state index contributed by atoms with van der Waals surface area (Å²) in [7, 11) is 1.68. The van der Waals surface area contributed by atoms with Crippen LogP contribution in [0.15, 0.2) is 30.6 Å². The van der Waals surface area contributed by atoms with Gasteiger partial charge < -0.3 is 19.3 Å². The van der Waals surface area contributed by atoms with Crippen LogP contribution in [0.5, 0.6) is 11.5 Å². The Hall–Kier alpha value is -2.77. The standard InChI is InChI=1S/C20H27N5O3/c1-27-18-7-6-16(14-19(18)28-17-4-2-3-5-17)23-10-12-24(13-11-23)20(26)15-25-9-8-21-22-25/h6-9,14,17H,2-5,10-13,15H2,1H3. The van der Waals surface area contributed by atoms with Crippen LogP contribution in [-0.4, -0.2) is 65.2 Å². The van der Waals surface area contributed by atoms with E-state index < -0.39 is 0 Å². The van der Waals surface area contributed by atoms with Crippen molar-refractivity contribution >= 4 is 11.6 Å². The Kier molecular flexibility index (Phi) is 5.64. The molecule has 2 aromatic rings. The minimum absolute atomic E-state index is 0.0742. The minimum atomic E-state index is 0.0742. The Bertz CT molecular complexity index is 781. The van der Waals surface area contributed by atoms with Crippen molar-refractivity contribution in [3.05, 3.63) is 30.6 Å². The maximum Gasteiger partial charge on any atom is 0.244 e. The number of benzene rings is 1. The van der Waals surface area contributed by atoms with Crippen LogP contribution >= 0.6 is 0 Å². The van der Waals surface area contributed by atoms with Crippen molar-refractivity contribution in [3.63, 3.8) is 0 Å². The van der Waals surface area contributed by atoms with Crippen molar-refractivity contribution in [3.8, 4) is 11.5 Å². The van der Waals surface area contributed by atoms with Gasteiger partial charge in [0.25, 0.3) is 0 Å². The molecule has 1 amide bonds. The zero-order chi connectivity index (χ0) is 19.3. The second-order valence-corrected chi connectivity index (χ2v) is 7.33. The highest BCUT2D eigenvalue weighted by Gasteiger charge is 2.23. The molecule has 1 saturated carbocycles. The largest absolute Gasteiger partial charge is 0.493 e. The molecule has 150 valence electrons. The van der Waals surface area contributed by atoms with Gasteiger partial charge in [0.2, 0.25) is 5.91 Å². The summed E-state index contributed by atoms with van der Waals surface area (Å²) in [5.74, 6) is 1.67. The molecule has 0 bridgehead atoms. The van der Waals surface area contributed by atoms with Crippen LogP contribution in [0.4, 0.5) is 5.69 Å². The fourth-order valence-electron chi connectivity index (χ4n) is 3.91. The van der Waals surface area contributed by atoms with Crippen molar-refractivity contribution in [1.29, 1.82) is 0 Å². The molecule has 0 N–H and O–H groups in total. The third-order valence-electron chi connectivity index (χ3n) is 5.51. The van der Waals surface area contributed by atoms with Crippen LogP contribution in [0.25, 0.3) is 0 Å². The van der Waals surface area contributed by atoms with E-state index in [2.05, 4.69) is 27.3 Å².